The Morgan fingerprint density at radius 3 is 2.65 bits per heavy atom. The minimum Gasteiger partial charge on any atom is -0.469 e. The molecule has 3 rings (SSSR count). The third-order valence-corrected chi connectivity index (χ3v) is 4.86. The topological polar surface area (TPSA) is 67.1 Å². The molecule has 1 aliphatic rings. The molecule has 2 heterocycles. The van der Waals surface area contributed by atoms with Crippen molar-refractivity contribution < 1.29 is 13.9 Å². The minimum absolute atomic E-state index is 0.0470. The normalized spacial score (nSPS) is 24.3. The Balaban J connectivity index is 1.94. The number of hydrogen-bond donors (Lipinski definition) is 1. The largest absolute Gasteiger partial charge is 0.469 e. The van der Waals surface area contributed by atoms with Crippen molar-refractivity contribution in [1.29, 1.82) is 0 Å². The number of carbonyl (C=O) groups excluding carboxylic acids is 1. The number of furan rings is 1. The van der Waals surface area contributed by atoms with E-state index in [2.05, 4.69) is 17.1 Å². The Labute approximate surface area is 153 Å². The lowest BCUT2D eigenvalue weighted by atomic mass is 9.85. The fourth-order valence-corrected chi connectivity index (χ4v) is 3.53. The molecule has 1 fully saturated rings. The second kappa shape index (κ2) is 8.08. The van der Waals surface area contributed by atoms with Crippen LogP contribution in [-0.2, 0) is 16.1 Å². The number of ether oxygens (including phenoxy) is 1. The molecule has 6 heteroatoms. The van der Waals surface area contributed by atoms with Crippen LogP contribution in [0.25, 0.3) is 0 Å². The van der Waals surface area contributed by atoms with Crippen molar-refractivity contribution in [3.8, 4) is 0 Å². The maximum atomic E-state index is 12.5. The van der Waals surface area contributed by atoms with Crippen LogP contribution in [0, 0.1) is 5.92 Å². The summed E-state index contributed by atoms with van der Waals surface area (Å²) in [5.74, 6) is 1.02. The number of guanidine groups is 1. The highest BCUT2D eigenvalue weighted by Crippen LogP contribution is 2.32. The Bertz CT molecular complexity index is 743. The molecule has 0 saturated carbocycles. The van der Waals surface area contributed by atoms with Crippen molar-refractivity contribution in [3.05, 3.63) is 60.1 Å². The Hall–Kier alpha value is -2.76. The SMILES string of the molecule is CCN1C(=NCc2ccco2)N[C@@H](c2ccccc2)[C@H](C(=O)OC)[C@H]1C. The van der Waals surface area contributed by atoms with E-state index in [0.717, 1.165) is 23.8 Å². The van der Waals surface area contributed by atoms with E-state index in [1.165, 1.54) is 7.11 Å². The maximum absolute atomic E-state index is 12.5. The Morgan fingerprint density at radius 1 is 1.27 bits per heavy atom. The quantitative estimate of drug-likeness (QED) is 0.835. The molecule has 1 saturated heterocycles. The lowest BCUT2D eigenvalue weighted by Gasteiger charge is -2.45. The molecule has 0 bridgehead atoms. The maximum Gasteiger partial charge on any atom is 0.313 e. The van der Waals surface area contributed by atoms with E-state index < -0.39 is 0 Å². The summed E-state index contributed by atoms with van der Waals surface area (Å²) >= 11 is 0. The fourth-order valence-electron chi connectivity index (χ4n) is 3.53. The van der Waals surface area contributed by atoms with Crippen LogP contribution in [0.3, 0.4) is 0 Å². The third-order valence-electron chi connectivity index (χ3n) is 4.86. The molecule has 6 nitrogen and oxygen atoms in total. The lowest BCUT2D eigenvalue weighted by molar-refractivity contribution is -0.149. The zero-order valence-corrected chi connectivity index (χ0v) is 15.4. The highest BCUT2D eigenvalue weighted by Gasteiger charge is 2.43. The van der Waals surface area contributed by atoms with Crippen molar-refractivity contribution in [2.45, 2.75) is 32.5 Å². The van der Waals surface area contributed by atoms with E-state index in [-0.39, 0.29) is 24.0 Å². The van der Waals surface area contributed by atoms with Gasteiger partial charge in [0.25, 0.3) is 0 Å². The van der Waals surface area contributed by atoms with Gasteiger partial charge in [-0.25, -0.2) is 4.99 Å². The molecular formula is C20H25N3O3. The number of nitrogens with one attached hydrogen (secondary N) is 1. The second-order valence-corrected chi connectivity index (χ2v) is 6.33. The van der Waals surface area contributed by atoms with Gasteiger partial charge in [-0.05, 0) is 31.5 Å². The summed E-state index contributed by atoms with van der Waals surface area (Å²) in [6.45, 7) is 5.28. The summed E-state index contributed by atoms with van der Waals surface area (Å²) in [6, 6.07) is 13.5. The summed E-state index contributed by atoms with van der Waals surface area (Å²) in [5, 5.41) is 3.46. The predicted octanol–water partition coefficient (Wildman–Crippen LogP) is 2.98. The van der Waals surface area contributed by atoms with Gasteiger partial charge in [-0.15, -0.1) is 0 Å². The van der Waals surface area contributed by atoms with Gasteiger partial charge < -0.3 is 19.4 Å². The fraction of sp³-hybridized carbons (Fsp3) is 0.400. The molecule has 1 aliphatic heterocycles. The van der Waals surface area contributed by atoms with Crippen LogP contribution < -0.4 is 5.32 Å². The number of hydrogen-bond acceptors (Lipinski definition) is 4. The highest BCUT2D eigenvalue weighted by atomic mass is 16.5. The number of aliphatic imine (C=N–C) groups is 1. The van der Waals surface area contributed by atoms with Crippen LogP contribution in [0.1, 0.15) is 31.2 Å². The van der Waals surface area contributed by atoms with E-state index in [9.17, 15) is 4.79 Å². The number of methoxy groups -OCH3 is 1. The van der Waals surface area contributed by atoms with E-state index >= 15 is 0 Å². The number of nitrogens with zero attached hydrogens (tertiary/aromatic N) is 2. The first-order valence-corrected chi connectivity index (χ1v) is 8.88. The molecule has 0 amide bonds. The highest BCUT2D eigenvalue weighted by molar-refractivity contribution is 5.85. The second-order valence-electron chi connectivity index (χ2n) is 6.33. The van der Waals surface area contributed by atoms with Crippen LogP contribution in [0.4, 0.5) is 0 Å². The first-order valence-electron chi connectivity index (χ1n) is 8.88. The van der Waals surface area contributed by atoms with Crippen molar-refractivity contribution in [1.82, 2.24) is 10.2 Å². The monoisotopic (exact) mass is 355 g/mol. The van der Waals surface area contributed by atoms with E-state index in [4.69, 9.17) is 14.1 Å². The van der Waals surface area contributed by atoms with Crippen molar-refractivity contribution >= 4 is 11.9 Å². The summed E-state index contributed by atoms with van der Waals surface area (Å²) in [7, 11) is 1.44. The summed E-state index contributed by atoms with van der Waals surface area (Å²) in [4.78, 5) is 19.3. The van der Waals surface area contributed by atoms with Crippen LogP contribution in [-0.4, -0.2) is 36.5 Å². The number of rotatable bonds is 5. The molecule has 0 radical (unpaired) electrons. The molecule has 0 spiro atoms. The number of benzene rings is 1. The molecule has 1 aromatic carbocycles. The first kappa shape index (κ1) is 18.0. The molecule has 1 aromatic heterocycles. The van der Waals surface area contributed by atoms with Crippen LogP contribution in [0.5, 0.6) is 0 Å². The summed E-state index contributed by atoms with van der Waals surface area (Å²) in [6.07, 6.45) is 1.64. The van der Waals surface area contributed by atoms with Gasteiger partial charge in [-0.2, -0.15) is 0 Å². The van der Waals surface area contributed by atoms with Crippen LogP contribution >= 0.6 is 0 Å². The van der Waals surface area contributed by atoms with Crippen molar-refractivity contribution in [3.63, 3.8) is 0 Å². The van der Waals surface area contributed by atoms with Crippen LogP contribution in [0.15, 0.2) is 58.1 Å². The van der Waals surface area contributed by atoms with Crippen LogP contribution in [0.2, 0.25) is 0 Å². The van der Waals surface area contributed by atoms with Gasteiger partial charge in [0.05, 0.1) is 19.4 Å². The molecule has 1 N–H and O–H groups in total. The molecule has 2 aromatic rings. The molecule has 0 unspecified atom stereocenters. The van der Waals surface area contributed by atoms with Crippen molar-refractivity contribution in [2.75, 3.05) is 13.7 Å². The van der Waals surface area contributed by atoms with Gasteiger partial charge in [0.15, 0.2) is 5.96 Å². The van der Waals surface area contributed by atoms with E-state index in [0.29, 0.717) is 6.54 Å². The van der Waals surface area contributed by atoms with Gasteiger partial charge >= 0.3 is 5.97 Å². The van der Waals surface area contributed by atoms with E-state index in [1.54, 1.807) is 6.26 Å². The Kier molecular flexibility index (Phi) is 5.61. The average molecular weight is 355 g/mol. The minimum atomic E-state index is -0.329. The van der Waals surface area contributed by atoms with Gasteiger partial charge in [0.2, 0.25) is 0 Å². The standard InChI is InChI=1S/C20H25N3O3/c1-4-23-14(2)17(19(24)25-3)18(15-9-6-5-7-10-15)22-20(23)21-13-16-11-8-12-26-16/h5-12,14,17-18H,4,13H2,1-3H3,(H,21,22)/t14-,17-,18+/m1/s1. The average Bonchev–Trinajstić information content (AvgIpc) is 3.19. The van der Waals surface area contributed by atoms with Gasteiger partial charge in [-0.3, -0.25) is 4.79 Å². The summed E-state index contributed by atoms with van der Waals surface area (Å²) < 4.78 is 10.5. The lowest BCUT2D eigenvalue weighted by Crippen LogP contribution is -2.60. The molecule has 138 valence electrons. The van der Waals surface area contributed by atoms with Gasteiger partial charge in [0.1, 0.15) is 18.2 Å². The smallest absolute Gasteiger partial charge is 0.313 e. The zero-order valence-electron chi connectivity index (χ0n) is 15.4. The van der Waals surface area contributed by atoms with Gasteiger partial charge in [0, 0.05) is 12.6 Å². The van der Waals surface area contributed by atoms with Gasteiger partial charge in [-0.1, -0.05) is 30.3 Å². The predicted molar refractivity (Wildman–Crippen MR) is 99.5 cm³/mol. The number of carbonyl (C=O) groups is 1. The molecule has 0 aliphatic carbocycles. The molecule has 26 heavy (non-hydrogen) atoms. The summed E-state index contributed by atoms with van der Waals surface area (Å²) in [5.41, 5.74) is 1.04. The first-order chi connectivity index (χ1) is 12.7. The number of esters is 1. The van der Waals surface area contributed by atoms with Crippen molar-refractivity contribution in [2.24, 2.45) is 10.9 Å². The molecular weight excluding hydrogens is 330 g/mol. The Morgan fingerprint density at radius 2 is 2.04 bits per heavy atom. The van der Waals surface area contributed by atoms with E-state index in [1.807, 2.05) is 49.4 Å². The zero-order chi connectivity index (χ0) is 18.5. The molecule has 3 atom stereocenters. The third kappa shape index (κ3) is 3.59.